The Balaban J connectivity index is 2.59. The number of carboxylic acid groups (broad SMARTS) is 1. The maximum Gasteiger partial charge on any atom is 0.358 e. The van der Waals surface area contributed by atoms with E-state index < -0.39 is 10.9 Å². The van der Waals surface area contributed by atoms with Crippen LogP contribution < -0.4 is 0 Å². The fourth-order valence-electron chi connectivity index (χ4n) is 1.61. The smallest absolute Gasteiger partial charge is 0.358 e. The molecule has 0 bridgehead atoms. The maximum atomic E-state index is 10.9. The molecule has 19 heavy (non-hydrogen) atoms. The van der Waals surface area contributed by atoms with Crippen molar-refractivity contribution in [3.63, 3.8) is 0 Å². The summed E-state index contributed by atoms with van der Waals surface area (Å²) in [5.41, 5.74) is 0.381. The number of nitro benzene ring substituents is 1. The lowest BCUT2D eigenvalue weighted by Gasteiger charge is -2.03. The van der Waals surface area contributed by atoms with Crippen molar-refractivity contribution < 1.29 is 14.8 Å². The first kappa shape index (κ1) is 13.0. The van der Waals surface area contributed by atoms with Gasteiger partial charge in [0.2, 0.25) is 0 Å². The zero-order chi connectivity index (χ0) is 14.2. The zero-order valence-electron chi connectivity index (χ0n) is 9.70. The van der Waals surface area contributed by atoms with Gasteiger partial charge in [0.25, 0.3) is 5.69 Å². The second-order valence-corrected chi connectivity index (χ2v) is 4.12. The van der Waals surface area contributed by atoms with Gasteiger partial charge in [-0.15, -0.1) is 0 Å². The van der Waals surface area contributed by atoms with Crippen LogP contribution in [0.3, 0.4) is 0 Å². The van der Waals surface area contributed by atoms with Gasteiger partial charge in [0, 0.05) is 12.1 Å². The number of halogens is 1. The van der Waals surface area contributed by atoms with Crippen molar-refractivity contribution in [1.82, 2.24) is 9.78 Å². The van der Waals surface area contributed by atoms with Crippen molar-refractivity contribution in [3.8, 4) is 5.69 Å². The average Bonchev–Trinajstić information content (AvgIpc) is 2.67. The van der Waals surface area contributed by atoms with E-state index in [1.807, 2.05) is 0 Å². The van der Waals surface area contributed by atoms with Gasteiger partial charge in [-0.3, -0.25) is 10.1 Å². The minimum atomic E-state index is -1.25. The molecular formula is C11H8ClN3O4. The van der Waals surface area contributed by atoms with Gasteiger partial charge in [-0.05, 0) is 13.0 Å². The highest BCUT2D eigenvalue weighted by molar-refractivity contribution is 6.33. The van der Waals surface area contributed by atoms with Gasteiger partial charge < -0.3 is 5.11 Å². The summed E-state index contributed by atoms with van der Waals surface area (Å²) in [5.74, 6) is -1.25. The number of hydrogen-bond donors (Lipinski definition) is 1. The SMILES string of the molecule is Cc1c(Cl)c(C(=O)O)nn1-c1cccc([N+](=O)[O-])c1. The zero-order valence-corrected chi connectivity index (χ0v) is 10.5. The van der Waals surface area contributed by atoms with Crippen LogP contribution in [0.25, 0.3) is 5.69 Å². The third-order valence-corrected chi connectivity index (χ3v) is 2.98. The van der Waals surface area contributed by atoms with Crippen molar-refractivity contribution in [2.75, 3.05) is 0 Å². The number of aromatic carboxylic acids is 1. The summed E-state index contributed by atoms with van der Waals surface area (Å²) in [7, 11) is 0. The third-order valence-electron chi connectivity index (χ3n) is 2.53. The predicted molar refractivity (Wildman–Crippen MR) is 66.9 cm³/mol. The quantitative estimate of drug-likeness (QED) is 0.688. The molecule has 0 saturated heterocycles. The van der Waals surface area contributed by atoms with Gasteiger partial charge in [0.05, 0.1) is 21.3 Å². The number of carbonyl (C=O) groups is 1. The van der Waals surface area contributed by atoms with Crippen LogP contribution in [0.1, 0.15) is 16.2 Å². The monoisotopic (exact) mass is 281 g/mol. The molecule has 0 saturated carbocycles. The van der Waals surface area contributed by atoms with Crippen LogP contribution in [-0.4, -0.2) is 25.8 Å². The Morgan fingerprint density at radius 3 is 2.74 bits per heavy atom. The summed E-state index contributed by atoms with van der Waals surface area (Å²) in [6, 6.07) is 5.70. The molecule has 98 valence electrons. The number of nitro groups is 1. The van der Waals surface area contributed by atoms with Crippen LogP contribution >= 0.6 is 11.6 Å². The van der Waals surface area contributed by atoms with Gasteiger partial charge >= 0.3 is 5.97 Å². The molecule has 0 aliphatic carbocycles. The van der Waals surface area contributed by atoms with E-state index in [2.05, 4.69) is 5.10 Å². The molecule has 0 amide bonds. The summed E-state index contributed by atoms with van der Waals surface area (Å²) in [4.78, 5) is 21.1. The van der Waals surface area contributed by atoms with E-state index in [0.717, 1.165) is 0 Å². The van der Waals surface area contributed by atoms with Crippen LogP contribution in [0.15, 0.2) is 24.3 Å². The first-order valence-corrected chi connectivity index (χ1v) is 5.53. The van der Waals surface area contributed by atoms with Gasteiger partial charge in [-0.2, -0.15) is 5.10 Å². The Morgan fingerprint density at radius 1 is 1.53 bits per heavy atom. The van der Waals surface area contributed by atoms with Crippen molar-refractivity contribution in [3.05, 3.63) is 50.8 Å². The second kappa shape index (κ2) is 4.69. The number of hydrogen-bond acceptors (Lipinski definition) is 4. The van der Waals surface area contributed by atoms with Crippen LogP contribution in [0.5, 0.6) is 0 Å². The van der Waals surface area contributed by atoms with E-state index in [4.69, 9.17) is 16.7 Å². The second-order valence-electron chi connectivity index (χ2n) is 3.74. The molecule has 1 aromatic heterocycles. The van der Waals surface area contributed by atoms with E-state index >= 15 is 0 Å². The Bertz CT molecular complexity index is 681. The molecule has 0 aliphatic heterocycles. The van der Waals surface area contributed by atoms with E-state index in [0.29, 0.717) is 11.4 Å². The molecule has 0 atom stereocenters. The number of non-ortho nitro benzene ring substituents is 1. The third kappa shape index (κ3) is 2.27. The predicted octanol–water partition coefficient (Wildman–Crippen LogP) is 2.44. The Kier molecular flexibility index (Phi) is 3.22. The standard InChI is InChI=1S/C11H8ClN3O4/c1-6-9(12)10(11(16)17)13-14(6)7-3-2-4-8(5-7)15(18)19/h2-5H,1H3,(H,16,17). The first-order valence-electron chi connectivity index (χ1n) is 5.15. The molecule has 1 heterocycles. The van der Waals surface area contributed by atoms with Crippen molar-refractivity contribution >= 4 is 23.3 Å². The lowest BCUT2D eigenvalue weighted by Crippen LogP contribution is -2.02. The van der Waals surface area contributed by atoms with Crippen molar-refractivity contribution in [2.24, 2.45) is 0 Å². The molecule has 1 aromatic carbocycles. The van der Waals surface area contributed by atoms with Crippen molar-refractivity contribution in [1.29, 1.82) is 0 Å². The lowest BCUT2D eigenvalue weighted by atomic mass is 10.3. The van der Waals surface area contributed by atoms with Crippen LogP contribution in [0, 0.1) is 17.0 Å². The Labute approximate surface area is 112 Å². The molecular weight excluding hydrogens is 274 g/mol. The van der Waals surface area contributed by atoms with Gasteiger partial charge in [0.15, 0.2) is 5.69 Å². The summed E-state index contributed by atoms with van der Waals surface area (Å²) in [5, 5.41) is 23.5. The van der Waals surface area contributed by atoms with Gasteiger partial charge in [0.1, 0.15) is 0 Å². The lowest BCUT2D eigenvalue weighted by molar-refractivity contribution is -0.384. The van der Waals surface area contributed by atoms with E-state index in [1.54, 1.807) is 13.0 Å². The summed E-state index contributed by atoms with van der Waals surface area (Å²) >= 11 is 5.86. The number of benzene rings is 1. The largest absolute Gasteiger partial charge is 0.476 e. The van der Waals surface area contributed by atoms with Crippen LogP contribution in [-0.2, 0) is 0 Å². The topological polar surface area (TPSA) is 98.3 Å². The molecule has 2 rings (SSSR count). The number of rotatable bonds is 3. The van der Waals surface area contributed by atoms with Gasteiger partial charge in [-0.25, -0.2) is 9.48 Å². The van der Waals surface area contributed by atoms with E-state index in [1.165, 1.54) is 22.9 Å². The number of nitrogens with zero attached hydrogens (tertiary/aromatic N) is 3. The summed E-state index contributed by atoms with van der Waals surface area (Å²) in [6.07, 6.45) is 0. The minimum Gasteiger partial charge on any atom is -0.476 e. The number of aromatic nitrogens is 2. The highest BCUT2D eigenvalue weighted by Gasteiger charge is 2.20. The van der Waals surface area contributed by atoms with Gasteiger partial charge in [-0.1, -0.05) is 17.7 Å². The molecule has 2 aromatic rings. The molecule has 7 nitrogen and oxygen atoms in total. The Morgan fingerprint density at radius 2 is 2.21 bits per heavy atom. The Hall–Kier alpha value is -2.41. The molecule has 8 heteroatoms. The van der Waals surface area contributed by atoms with Crippen LogP contribution in [0.2, 0.25) is 5.02 Å². The molecule has 1 N–H and O–H groups in total. The maximum absolute atomic E-state index is 10.9. The van der Waals surface area contributed by atoms with Crippen LogP contribution in [0.4, 0.5) is 5.69 Å². The highest BCUT2D eigenvalue weighted by atomic mass is 35.5. The van der Waals surface area contributed by atoms with Crippen molar-refractivity contribution in [2.45, 2.75) is 6.92 Å². The molecule has 0 aliphatic rings. The summed E-state index contributed by atoms with van der Waals surface area (Å²) < 4.78 is 1.26. The normalized spacial score (nSPS) is 10.4. The number of carboxylic acids is 1. The average molecular weight is 282 g/mol. The first-order chi connectivity index (χ1) is 8.91. The molecule has 0 fully saturated rings. The highest BCUT2D eigenvalue weighted by Crippen LogP contribution is 2.24. The van der Waals surface area contributed by atoms with E-state index in [9.17, 15) is 14.9 Å². The molecule has 0 spiro atoms. The fraction of sp³-hybridized carbons (Fsp3) is 0.0909. The molecule has 0 radical (unpaired) electrons. The molecule has 0 unspecified atom stereocenters. The summed E-state index contributed by atoms with van der Waals surface area (Å²) in [6.45, 7) is 1.58. The van der Waals surface area contributed by atoms with E-state index in [-0.39, 0.29) is 16.4 Å². The minimum absolute atomic E-state index is 0.0130. The fourth-order valence-corrected chi connectivity index (χ4v) is 1.81.